The predicted octanol–water partition coefficient (Wildman–Crippen LogP) is 2.62. The zero-order chi connectivity index (χ0) is 14.8. The Morgan fingerprint density at radius 3 is 2.55 bits per heavy atom. The fraction of sp³-hybridized carbons (Fsp3) is 0.500. The van der Waals surface area contributed by atoms with Crippen molar-refractivity contribution in [2.45, 2.75) is 19.4 Å². The van der Waals surface area contributed by atoms with Crippen LogP contribution in [0.3, 0.4) is 0 Å². The van der Waals surface area contributed by atoms with E-state index in [2.05, 4.69) is 15.5 Å². The van der Waals surface area contributed by atoms with E-state index in [9.17, 15) is 4.79 Å². The lowest BCUT2D eigenvalue weighted by atomic mass is 10.0. The molecule has 0 aliphatic carbocycles. The van der Waals surface area contributed by atoms with Crippen molar-refractivity contribution < 1.29 is 4.79 Å². The van der Waals surface area contributed by atoms with Crippen LogP contribution in [0.15, 0.2) is 18.2 Å². The highest BCUT2D eigenvalue weighted by Crippen LogP contribution is 2.27. The van der Waals surface area contributed by atoms with E-state index in [0.717, 1.165) is 26.2 Å². The van der Waals surface area contributed by atoms with Gasteiger partial charge in [-0.2, -0.15) is 0 Å². The zero-order valence-corrected chi connectivity index (χ0v) is 13.2. The Labute approximate surface area is 129 Å². The lowest BCUT2D eigenvalue weighted by Crippen LogP contribution is -2.58. The Morgan fingerprint density at radius 2 is 1.95 bits per heavy atom. The maximum absolute atomic E-state index is 12.5. The van der Waals surface area contributed by atoms with Crippen molar-refractivity contribution in [3.8, 4) is 0 Å². The molecule has 1 amide bonds. The van der Waals surface area contributed by atoms with E-state index >= 15 is 0 Å². The molecule has 1 aromatic carbocycles. The van der Waals surface area contributed by atoms with Crippen molar-refractivity contribution in [3.05, 3.63) is 28.2 Å². The van der Waals surface area contributed by atoms with Gasteiger partial charge in [0.2, 0.25) is 5.91 Å². The number of carbonyl (C=O) groups is 1. The Morgan fingerprint density at radius 1 is 1.30 bits per heavy atom. The third kappa shape index (κ3) is 3.44. The molecule has 0 saturated carbocycles. The molecule has 1 fully saturated rings. The summed E-state index contributed by atoms with van der Waals surface area (Å²) in [5.74, 6) is -0.0661. The third-order valence-corrected chi connectivity index (χ3v) is 4.19. The minimum absolute atomic E-state index is 0.0661. The van der Waals surface area contributed by atoms with Gasteiger partial charge in [0.05, 0.1) is 16.2 Å². The van der Waals surface area contributed by atoms with Crippen molar-refractivity contribution >= 4 is 34.8 Å². The highest BCUT2D eigenvalue weighted by Gasteiger charge is 2.35. The molecular formula is C14H19Cl2N3O. The average Bonchev–Trinajstić information content (AvgIpc) is 2.42. The fourth-order valence-electron chi connectivity index (χ4n) is 2.23. The molecule has 0 atom stereocenters. The third-order valence-electron chi connectivity index (χ3n) is 3.64. The molecule has 0 unspecified atom stereocenters. The number of rotatable bonds is 3. The number of amides is 1. The van der Waals surface area contributed by atoms with Gasteiger partial charge in [0.25, 0.3) is 0 Å². The van der Waals surface area contributed by atoms with Crippen LogP contribution in [0, 0.1) is 0 Å². The van der Waals surface area contributed by atoms with Gasteiger partial charge in [0.15, 0.2) is 0 Å². The first-order valence-electron chi connectivity index (χ1n) is 6.63. The summed E-state index contributed by atoms with van der Waals surface area (Å²) in [6.45, 7) is 7.37. The Hall–Kier alpha value is -0.810. The summed E-state index contributed by atoms with van der Waals surface area (Å²) >= 11 is 11.9. The fourth-order valence-corrected chi connectivity index (χ4v) is 2.69. The summed E-state index contributed by atoms with van der Waals surface area (Å²) in [7, 11) is 0. The summed E-state index contributed by atoms with van der Waals surface area (Å²) in [5.41, 5.74) is 0.00898. The van der Waals surface area contributed by atoms with Gasteiger partial charge in [0, 0.05) is 31.2 Å². The number of carbonyl (C=O) groups excluding carboxylic acids is 1. The van der Waals surface area contributed by atoms with Crippen molar-refractivity contribution in [2.75, 3.05) is 31.5 Å². The number of halogens is 2. The van der Waals surface area contributed by atoms with Gasteiger partial charge >= 0.3 is 0 Å². The monoisotopic (exact) mass is 315 g/mol. The Kier molecular flexibility index (Phi) is 4.91. The van der Waals surface area contributed by atoms with E-state index in [1.54, 1.807) is 18.2 Å². The van der Waals surface area contributed by atoms with Crippen LogP contribution in [-0.4, -0.2) is 42.5 Å². The summed E-state index contributed by atoms with van der Waals surface area (Å²) in [6.07, 6.45) is 0. The summed E-state index contributed by atoms with van der Waals surface area (Å²) in [6, 6.07) is 5.05. The SMILES string of the molecule is CC(C)(C(=O)Nc1ccc(Cl)cc1Cl)N1CCNCC1. The number of hydrogen-bond acceptors (Lipinski definition) is 3. The number of anilines is 1. The molecule has 20 heavy (non-hydrogen) atoms. The molecule has 0 aromatic heterocycles. The number of nitrogens with zero attached hydrogens (tertiary/aromatic N) is 1. The molecular weight excluding hydrogens is 297 g/mol. The van der Waals surface area contributed by atoms with E-state index in [-0.39, 0.29) is 5.91 Å². The summed E-state index contributed by atoms with van der Waals surface area (Å²) in [5, 5.41) is 7.16. The van der Waals surface area contributed by atoms with Crippen molar-refractivity contribution in [1.82, 2.24) is 10.2 Å². The van der Waals surface area contributed by atoms with Crippen molar-refractivity contribution in [3.63, 3.8) is 0 Å². The van der Waals surface area contributed by atoms with Crippen LogP contribution in [0.2, 0.25) is 10.0 Å². The normalized spacial score (nSPS) is 17.0. The van der Waals surface area contributed by atoms with Crippen LogP contribution in [0.1, 0.15) is 13.8 Å². The second kappa shape index (κ2) is 6.31. The second-order valence-electron chi connectivity index (χ2n) is 5.37. The van der Waals surface area contributed by atoms with E-state index in [1.807, 2.05) is 13.8 Å². The van der Waals surface area contributed by atoms with Gasteiger partial charge in [-0.15, -0.1) is 0 Å². The topological polar surface area (TPSA) is 44.4 Å². The highest BCUT2D eigenvalue weighted by molar-refractivity contribution is 6.36. The maximum Gasteiger partial charge on any atom is 0.244 e. The standard InChI is InChI=1S/C14H19Cl2N3O/c1-14(2,19-7-5-17-6-8-19)13(20)18-12-4-3-10(15)9-11(12)16/h3-4,9,17H,5-8H2,1-2H3,(H,18,20). The first kappa shape index (κ1) is 15.6. The molecule has 1 heterocycles. The van der Waals surface area contributed by atoms with Crippen molar-refractivity contribution in [2.24, 2.45) is 0 Å². The van der Waals surface area contributed by atoms with Crippen LogP contribution < -0.4 is 10.6 Å². The minimum Gasteiger partial charge on any atom is -0.323 e. The van der Waals surface area contributed by atoms with E-state index in [1.165, 1.54) is 0 Å². The second-order valence-corrected chi connectivity index (χ2v) is 6.22. The van der Waals surface area contributed by atoms with Crippen LogP contribution in [0.4, 0.5) is 5.69 Å². The minimum atomic E-state index is -0.578. The summed E-state index contributed by atoms with van der Waals surface area (Å²) in [4.78, 5) is 14.7. The lowest BCUT2D eigenvalue weighted by molar-refractivity contribution is -0.126. The molecule has 0 radical (unpaired) electrons. The molecule has 1 saturated heterocycles. The number of hydrogen-bond donors (Lipinski definition) is 2. The average molecular weight is 316 g/mol. The molecule has 0 bridgehead atoms. The molecule has 1 aromatic rings. The Balaban J connectivity index is 2.09. The van der Waals surface area contributed by atoms with Gasteiger partial charge in [-0.1, -0.05) is 23.2 Å². The van der Waals surface area contributed by atoms with E-state index in [0.29, 0.717) is 15.7 Å². The largest absolute Gasteiger partial charge is 0.323 e. The Bertz CT molecular complexity index is 499. The van der Waals surface area contributed by atoms with E-state index in [4.69, 9.17) is 23.2 Å². The number of nitrogens with one attached hydrogen (secondary N) is 2. The van der Waals surface area contributed by atoms with Gasteiger partial charge in [-0.05, 0) is 32.0 Å². The molecule has 1 aliphatic heterocycles. The predicted molar refractivity (Wildman–Crippen MR) is 83.6 cm³/mol. The van der Waals surface area contributed by atoms with Crippen molar-refractivity contribution in [1.29, 1.82) is 0 Å². The molecule has 6 heteroatoms. The van der Waals surface area contributed by atoms with Crippen LogP contribution in [0.25, 0.3) is 0 Å². The zero-order valence-electron chi connectivity index (χ0n) is 11.7. The lowest BCUT2D eigenvalue weighted by Gasteiger charge is -2.39. The number of benzene rings is 1. The van der Waals surface area contributed by atoms with Gasteiger partial charge in [-0.25, -0.2) is 0 Å². The molecule has 4 nitrogen and oxygen atoms in total. The smallest absolute Gasteiger partial charge is 0.244 e. The van der Waals surface area contributed by atoms with Crippen LogP contribution >= 0.6 is 23.2 Å². The first-order valence-corrected chi connectivity index (χ1v) is 7.39. The molecule has 1 aliphatic rings. The van der Waals surface area contributed by atoms with Crippen LogP contribution in [-0.2, 0) is 4.79 Å². The van der Waals surface area contributed by atoms with Gasteiger partial charge in [-0.3, -0.25) is 9.69 Å². The molecule has 2 N–H and O–H groups in total. The molecule has 0 spiro atoms. The summed E-state index contributed by atoms with van der Waals surface area (Å²) < 4.78 is 0. The maximum atomic E-state index is 12.5. The van der Waals surface area contributed by atoms with Gasteiger partial charge < -0.3 is 10.6 Å². The van der Waals surface area contributed by atoms with Gasteiger partial charge in [0.1, 0.15) is 0 Å². The highest BCUT2D eigenvalue weighted by atomic mass is 35.5. The molecule has 2 rings (SSSR count). The quantitative estimate of drug-likeness (QED) is 0.901. The molecule has 110 valence electrons. The number of piperazine rings is 1. The van der Waals surface area contributed by atoms with Crippen LogP contribution in [0.5, 0.6) is 0 Å². The van der Waals surface area contributed by atoms with E-state index < -0.39 is 5.54 Å². The first-order chi connectivity index (χ1) is 9.41.